The van der Waals surface area contributed by atoms with Gasteiger partial charge in [-0.3, -0.25) is 10.1 Å². The molecule has 0 aliphatic rings. The number of rotatable bonds is 4. The van der Waals surface area contributed by atoms with Gasteiger partial charge in [-0.05, 0) is 19.1 Å². The Balaban J connectivity index is 2.15. The Morgan fingerprint density at radius 2 is 2.00 bits per heavy atom. The first kappa shape index (κ1) is 15.1. The Morgan fingerprint density at radius 1 is 1.33 bits per heavy atom. The van der Waals surface area contributed by atoms with Crippen molar-refractivity contribution in [2.24, 2.45) is 0 Å². The van der Waals surface area contributed by atoms with Crippen LogP contribution in [0, 0.1) is 18.3 Å². The molecule has 2 rings (SSSR count). The first-order chi connectivity index (χ1) is 9.92. The minimum absolute atomic E-state index is 0.0667. The maximum Gasteiger partial charge on any atom is 0.257 e. The number of anilines is 1. The van der Waals surface area contributed by atoms with E-state index in [4.69, 9.17) is 5.26 Å². The third-order valence-electron chi connectivity index (χ3n) is 2.46. The molecule has 9 heteroatoms. The molecule has 0 atom stereocenters. The molecule has 0 radical (unpaired) electrons. The fourth-order valence-corrected chi connectivity index (χ4v) is 3.26. The molecule has 7 nitrogen and oxygen atoms in total. The van der Waals surface area contributed by atoms with Crippen LogP contribution in [-0.4, -0.2) is 30.3 Å². The summed E-state index contributed by atoms with van der Waals surface area (Å²) in [4.78, 5) is 11.9. The molecule has 1 heterocycles. The summed E-state index contributed by atoms with van der Waals surface area (Å²) in [6.45, 7) is 1.90. The fraction of sp³-hybridized carbons (Fsp3) is 0.167. The highest BCUT2D eigenvalue weighted by molar-refractivity contribution is 7.93. The monoisotopic (exact) mass is 322 g/mol. The van der Waals surface area contributed by atoms with E-state index >= 15 is 0 Å². The Hall–Kier alpha value is -2.31. The van der Waals surface area contributed by atoms with Crippen LogP contribution in [0.4, 0.5) is 5.13 Å². The average Bonchev–Trinajstić information content (AvgIpc) is 2.88. The van der Waals surface area contributed by atoms with E-state index < -0.39 is 21.5 Å². The number of hydrogen-bond acceptors (Lipinski definition) is 7. The summed E-state index contributed by atoms with van der Waals surface area (Å²) in [5, 5.41) is 18.1. The summed E-state index contributed by atoms with van der Waals surface area (Å²) in [6, 6.07) is 8.43. The standard InChI is InChI=1S/C12H10N4O3S2/c1-8-2-4-9(5-3-8)10(17)14-11-15-16-12(20-11)21(18,19)7-6-13/h2-5H,7H2,1H3,(H,14,15,17). The maximum atomic E-state index is 11.9. The van der Waals surface area contributed by atoms with Gasteiger partial charge in [-0.25, -0.2) is 8.42 Å². The summed E-state index contributed by atoms with van der Waals surface area (Å²) in [7, 11) is -3.76. The van der Waals surface area contributed by atoms with Gasteiger partial charge in [0.15, 0.2) is 0 Å². The van der Waals surface area contributed by atoms with Gasteiger partial charge in [0, 0.05) is 5.56 Å². The van der Waals surface area contributed by atoms with Crippen LogP contribution in [0.3, 0.4) is 0 Å². The van der Waals surface area contributed by atoms with E-state index in [1.54, 1.807) is 30.3 Å². The number of carbonyl (C=O) groups is 1. The van der Waals surface area contributed by atoms with Crippen molar-refractivity contribution < 1.29 is 13.2 Å². The van der Waals surface area contributed by atoms with E-state index in [2.05, 4.69) is 15.5 Å². The van der Waals surface area contributed by atoms with Gasteiger partial charge in [-0.15, -0.1) is 10.2 Å². The van der Waals surface area contributed by atoms with Gasteiger partial charge in [0.1, 0.15) is 5.75 Å². The predicted molar refractivity (Wildman–Crippen MR) is 76.7 cm³/mol. The summed E-state index contributed by atoms with van der Waals surface area (Å²) in [5.74, 6) is -1.08. The lowest BCUT2D eigenvalue weighted by Gasteiger charge is -2.01. The second-order valence-electron chi connectivity index (χ2n) is 4.11. The molecule has 0 saturated carbocycles. The highest BCUT2D eigenvalue weighted by Crippen LogP contribution is 2.21. The SMILES string of the molecule is Cc1ccc(C(=O)Nc2nnc(S(=O)(=O)CC#N)s2)cc1. The molecule has 0 bridgehead atoms. The molecule has 1 aromatic heterocycles. The van der Waals surface area contributed by atoms with Crippen molar-refractivity contribution in [2.45, 2.75) is 11.3 Å². The number of sulfone groups is 1. The molecule has 0 spiro atoms. The zero-order valence-electron chi connectivity index (χ0n) is 10.9. The molecule has 21 heavy (non-hydrogen) atoms. The van der Waals surface area contributed by atoms with Crippen LogP contribution in [-0.2, 0) is 9.84 Å². The molecule has 0 unspecified atom stereocenters. The van der Waals surface area contributed by atoms with Crippen molar-refractivity contribution in [3.8, 4) is 6.07 Å². The first-order valence-electron chi connectivity index (χ1n) is 5.73. The van der Waals surface area contributed by atoms with Crippen LogP contribution in [0.5, 0.6) is 0 Å². The quantitative estimate of drug-likeness (QED) is 0.851. The number of nitriles is 1. The van der Waals surface area contributed by atoms with Crippen LogP contribution in [0.15, 0.2) is 28.6 Å². The van der Waals surface area contributed by atoms with Gasteiger partial charge < -0.3 is 0 Å². The summed E-state index contributed by atoms with van der Waals surface area (Å²) in [5.41, 5.74) is 1.45. The van der Waals surface area contributed by atoms with Crippen molar-refractivity contribution in [3.63, 3.8) is 0 Å². The summed E-state index contributed by atoms with van der Waals surface area (Å²) >= 11 is 0.713. The second kappa shape index (κ2) is 5.99. The molecule has 0 saturated heterocycles. The number of aryl methyl sites for hydroxylation is 1. The third kappa shape index (κ3) is 3.62. The molecule has 1 amide bonds. The van der Waals surface area contributed by atoms with Gasteiger partial charge in [0.25, 0.3) is 5.91 Å². The Kier molecular flexibility index (Phi) is 4.30. The molecule has 2 aromatic rings. The lowest BCUT2D eigenvalue weighted by Crippen LogP contribution is -2.11. The Bertz CT molecular complexity index is 804. The number of hydrogen-bond donors (Lipinski definition) is 1. The van der Waals surface area contributed by atoms with E-state index in [9.17, 15) is 13.2 Å². The highest BCUT2D eigenvalue weighted by atomic mass is 32.2. The highest BCUT2D eigenvalue weighted by Gasteiger charge is 2.20. The van der Waals surface area contributed by atoms with Gasteiger partial charge in [-0.2, -0.15) is 5.26 Å². The molecular weight excluding hydrogens is 312 g/mol. The smallest absolute Gasteiger partial charge is 0.257 e. The van der Waals surface area contributed by atoms with E-state index in [-0.39, 0.29) is 9.47 Å². The average molecular weight is 322 g/mol. The number of aromatic nitrogens is 2. The van der Waals surface area contributed by atoms with Crippen molar-refractivity contribution in [1.82, 2.24) is 10.2 Å². The number of carbonyl (C=O) groups excluding carboxylic acids is 1. The van der Waals surface area contributed by atoms with E-state index in [0.29, 0.717) is 16.9 Å². The minimum Gasteiger partial charge on any atom is -0.296 e. The van der Waals surface area contributed by atoms with E-state index in [0.717, 1.165) is 5.56 Å². The molecular formula is C12H10N4O3S2. The molecule has 0 aliphatic heterocycles. The zero-order chi connectivity index (χ0) is 15.5. The van der Waals surface area contributed by atoms with Crippen molar-refractivity contribution >= 4 is 32.2 Å². The zero-order valence-corrected chi connectivity index (χ0v) is 12.5. The van der Waals surface area contributed by atoms with Crippen LogP contribution in [0.1, 0.15) is 15.9 Å². The second-order valence-corrected chi connectivity index (χ2v) is 7.25. The lowest BCUT2D eigenvalue weighted by atomic mass is 10.1. The maximum absolute atomic E-state index is 11.9. The number of nitrogens with one attached hydrogen (secondary N) is 1. The van der Waals surface area contributed by atoms with Crippen molar-refractivity contribution in [2.75, 3.05) is 11.1 Å². The number of nitrogens with zero attached hydrogens (tertiary/aromatic N) is 3. The molecule has 1 aromatic carbocycles. The van der Waals surface area contributed by atoms with Gasteiger partial charge in [0.2, 0.25) is 19.3 Å². The molecule has 0 aliphatic carbocycles. The normalized spacial score (nSPS) is 10.9. The van der Waals surface area contributed by atoms with Crippen LogP contribution in [0.2, 0.25) is 0 Å². The van der Waals surface area contributed by atoms with Crippen molar-refractivity contribution in [1.29, 1.82) is 5.26 Å². The Morgan fingerprint density at radius 3 is 2.62 bits per heavy atom. The van der Waals surface area contributed by atoms with Gasteiger partial charge in [0.05, 0.1) is 6.07 Å². The molecule has 0 fully saturated rings. The van der Waals surface area contributed by atoms with E-state index in [1.807, 2.05) is 6.92 Å². The first-order valence-corrected chi connectivity index (χ1v) is 8.20. The lowest BCUT2D eigenvalue weighted by molar-refractivity contribution is 0.102. The van der Waals surface area contributed by atoms with Crippen LogP contribution >= 0.6 is 11.3 Å². The third-order valence-corrected chi connectivity index (χ3v) is 5.23. The van der Waals surface area contributed by atoms with Crippen LogP contribution in [0.25, 0.3) is 0 Å². The van der Waals surface area contributed by atoms with Gasteiger partial charge in [-0.1, -0.05) is 29.0 Å². The predicted octanol–water partition coefficient (Wildman–Crippen LogP) is 1.40. The fourth-order valence-electron chi connectivity index (χ4n) is 1.41. The number of benzene rings is 1. The molecule has 108 valence electrons. The Labute approximate surface area is 125 Å². The largest absolute Gasteiger partial charge is 0.296 e. The van der Waals surface area contributed by atoms with Gasteiger partial charge >= 0.3 is 0 Å². The number of amides is 1. The molecule has 1 N–H and O–H groups in total. The summed E-state index contributed by atoms with van der Waals surface area (Å²) in [6.07, 6.45) is 0. The summed E-state index contributed by atoms with van der Waals surface area (Å²) < 4.78 is 22.9. The van der Waals surface area contributed by atoms with Crippen LogP contribution < -0.4 is 5.32 Å². The minimum atomic E-state index is -3.76. The van der Waals surface area contributed by atoms with E-state index in [1.165, 1.54) is 0 Å². The van der Waals surface area contributed by atoms with Crippen molar-refractivity contribution in [3.05, 3.63) is 35.4 Å². The topological polar surface area (TPSA) is 113 Å².